The molecule has 136 valence electrons. The Labute approximate surface area is 156 Å². The highest BCUT2D eigenvalue weighted by Gasteiger charge is 2.08. The number of nitro benzene ring substituents is 1. The molecule has 2 rings (SSSR count). The number of amides is 1. The maximum atomic E-state index is 11.9. The second-order valence-electron chi connectivity index (χ2n) is 6.03. The smallest absolute Gasteiger partial charge is 0.270 e. The Balaban J connectivity index is 1.86. The second-order valence-corrected chi connectivity index (χ2v) is 7.01. The van der Waals surface area contributed by atoms with Gasteiger partial charge in [-0.3, -0.25) is 14.9 Å². The zero-order valence-corrected chi connectivity index (χ0v) is 15.8. The molecule has 1 amide bonds. The van der Waals surface area contributed by atoms with Crippen molar-refractivity contribution in [2.24, 2.45) is 5.10 Å². The maximum absolute atomic E-state index is 11.9. The molecule has 2 aromatic carbocycles. The molecule has 0 atom stereocenters. The maximum Gasteiger partial charge on any atom is 0.270 e. The molecule has 6 nitrogen and oxygen atoms in total. The summed E-state index contributed by atoms with van der Waals surface area (Å²) in [5.41, 5.74) is 7.22. The van der Waals surface area contributed by atoms with Gasteiger partial charge < -0.3 is 0 Å². The van der Waals surface area contributed by atoms with E-state index in [4.69, 9.17) is 0 Å². The van der Waals surface area contributed by atoms with Gasteiger partial charge in [0.05, 0.1) is 16.4 Å². The predicted molar refractivity (Wildman–Crippen MR) is 106 cm³/mol. The number of carbonyl (C=O) groups excluding carboxylic acids is 1. The van der Waals surface area contributed by atoms with E-state index in [1.807, 2.05) is 0 Å². The van der Waals surface area contributed by atoms with Crippen molar-refractivity contribution in [1.82, 2.24) is 5.43 Å². The van der Waals surface area contributed by atoms with Crippen molar-refractivity contribution in [2.75, 3.05) is 5.75 Å². The molecule has 26 heavy (non-hydrogen) atoms. The molecule has 0 saturated carbocycles. The van der Waals surface area contributed by atoms with Gasteiger partial charge in [0.25, 0.3) is 5.69 Å². The molecule has 0 aliphatic heterocycles. The number of carbonyl (C=O) groups is 1. The van der Waals surface area contributed by atoms with Gasteiger partial charge in [0, 0.05) is 23.4 Å². The molecule has 0 bridgehead atoms. The molecule has 1 N–H and O–H groups in total. The van der Waals surface area contributed by atoms with Crippen molar-refractivity contribution in [3.05, 3.63) is 74.8 Å². The average Bonchev–Trinajstić information content (AvgIpc) is 2.59. The van der Waals surface area contributed by atoms with Crippen LogP contribution in [0.4, 0.5) is 5.69 Å². The summed E-state index contributed by atoms with van der Waals surface area (Å²) >= 11 is 1.52. The van der Waals surface area contributed by atoms with Gasteiger partial charge in [-0.1, -0.05) is 41.5 Å². The first-order valence-electron chi connectivity index (χ1n) is 8.08. The van der Waals surface area contributed by atoms with Crippen LogP contribution in [0, 0.1) is 24.0 Å². The molecule has 0 spiro atoms. The zero-order valence-electron chi connectivity index (χ0n) is 15.0. The Morgan fingerprint density at radius 3 is 2.54 bits per heavy atom. The predicted octanol–water partition coefficient (Wildman–Crippen LogP) is 3.99. The SMILES string of the molecule is C/C(=N/NC(=O)CSCc1cc(C)cc(C)c1)c1cccc([N+](=O)[O-])c1. The number of non-ortho nitro benzene ring substituents is 1. The Morgan fingerprint density at radius 1 is 1.19 bits per heavy atom. The van der Waals surface area contributed by atoms with Gasteiger partial charge in [-0.25, -0.2) is 5.43 Å². The topological polar surface area (TPSA) is 84.6 Å². The summed E-state index contributed by atoms with van der Waals surface area (Å²) in [5.74, 6) is 0.839. The van der Waals surface area contributed by atoms with Crippen molar-refractivity contribution in [2.45, 2.75) is 26.5 Å². The zero-order chi connectivity index (χ0) is 19.1. The molecule has 0 radical (unpaired) electrons. The van der Waals surface area contributed by atoms with Gasteiger partial charge in [-0.2, -0.15) is 5.10 Å². The number of aryl methyl sites for hydroxylation is 2. The first-order chi connectivity index (χ1) is 12.3. The van der Waals surface area contributed by atoms with Gasteiger partial charge in [-0.05, 0) is 26.3 Å². The van der Waals surface area contributed by atoms with Crippen LogP contribution in [0.1, 0.15) is 29.2 Å². The molecule has 0 unspecified atom stereocenters. The number of hydrogen-bond acceptors (Lipinski definition) is 5. The fourth-order valence-electron chi connectivity index (χ4n) is 2.50. The summed E-state index contributed by atoms with van der Waals surface area (Å²) in [5, 5.41) is 14.8. The van der Waals surface area contributed by atoms with Crippen LogP contribution >= 0.6 is 11.8 Å². The van der Waals surface area contributed by atoms with Gasteiger partial charge in [0.1, 0.15) is 0 Å². The fourth-order valence-corrected chi connectivity index (χ4v) is 3.26. The molecule has 2 aromatic rings. The summed E-state index contributed by atoms with van der Waals surface area (Å²) in [6.45, 7) is 5.81. The number of thioether (sulfide) groups is 1. The molecule has 0 heterocycles. The number of nitrogens with one attached hydrogen (secondary N) is 1. The van der Waals surface area contributed by atoms with E-state index in [9.17, 15) is 14.9 Å². The van der Waals surface area contributed by atoms with E-state index in [-0.39, 0.29) is 11.6 Å². The van der Waals surface area contributed by atoms with Crippen LogP contribution in [0.3, 0.4) is 0 Å². The summed E-state index contributed by atoms with van der Waals surface area (Å²) in [6.07, 6.45) is 0. The number of nitro groups is 1. The monoisotopic (exact) mass is 371 g/mol. The summed E-state index contributed by atoms with van der Waals surface area (Å²) in [4.78, 5) is 22.3. The van der Waals surface area contributed by atoms with E-state index in [1.54, 1.807) is 19.1 Å². The number of hydrazone groups is 1. The highest BCUT2D eigenvalue weighted by molar-refractivity contribution is 7.99. The normalized spacial score (nSPS) is 11.3. The Kier molecular flexibility index (Phi) is 6.91. The summed E-state index contributed by atoms with van der Waals surface area (Å²) in [7, 11) is 0. The Hall–Kier alpha value is -2.67. The van der Waals surface area contributed by atoms with Crippen LogP contribution in [-0.4, -0.2) is 22.3 Å². The lowest BCUT2D eigenvalue weighted by Gasteiger charge is -2.05. The molecular weight excluding hydrogens is 350 g/mol. The van der Waals surface area contributed by atoms with Crippen molar-refractivity contribution in [1.29, 1.82) is 0 Å². The van der Waals surface area contributed by atoms with Crippen molar-refractivity contribution < 1.29 is 9.72 Å². The van der Waals surface area contributed by atoms with E-state index in [2.05, 4.69) is 42.6 Å². The fraction of sp³-hybridized carbons (Fsp3) is 0.263. The van der Waals surface area contributed by atoms with Crippen LogP contribution in [-0.2, 0) is 10.5 Å². The molecule has 0 aliphatic carbocycles. The van der Waals surface area contributed by atoms with Crippen LogP contribution < -0.4 is 5.43 Å². The van der Waals surface area contributed by atoms with Crippen molar-refractivity contribution in [3.8, 4) is 0 Å². The van der Waals surface area contributed by atoms with Gasteiger partial charge in [0.15, 0.2) is 0 Å². The van der Waals surface area contributed by atoms with E-state index >= 15 is 0 Å². The molecule has 0 aliphatic rings. The molecule has 7 heteroatoms. The van der Waals surface area contributed by atoms with Crippen LogP contribution in [0.15, 0.2) is 47.6 Å². The molecule has 0 aromatic heterocycles. The third kappa shape index (κ3) is 6.00. The highest BCUT2D eigenvalue weighted by Crippen LogP contribution is 2.16. The van der Waals surface area contributed by atoms with Crippen molar-refractivity contribution in [3.63, 3.8) is 0 Å². The van der Waals surface area contributed by atoms with E-state index in [0.717, 1.165) is 5.75 Å². The quantitative estimate of drug-likeness (QED) is 0.453. The van der Waals surface area contributed by atoms with Crippen molar-refractivity contribution >= 4 is 29.1 Å². The third-order valence-corrected chi connectivity index (χ3v) is 4.61. The molecular formula is C19H21N3O3S. The lowest BCUT2D eigenvalue weighted by Crippen LogP contribution is -2.21. The first kappa shape index (κ1) is 19.7. The Bertz CT molecular complexity index is 829. The standard InChI is InChI=1S/C19H21N3O3S/c1-13-7-14(2)9-16(8-13)11-26-12-19(23)21-20-15(3)17-5-4-6-18(10-17)22(24)25/h4-10H,11-12H2,1-3H3,(H,21,23)/b20-15-. The van der Waals surface area contributed by atoms with E-state index < -0.39 is 4.92 Å². The number of nitrogens with zero attached hydrogens (tertiary/aromatic N) is 2. The highest BCUT2D eigenvalue weighted by atomic mass is 32.2. The first-order valence-corrected chi connectivity index (χ1v) is 9.23. The van der Waals surface area contributed by atoms with Crippen LogP contribution in [0.25, 0.3) is 0 Å². The van der Waals surface area contributed by atoms with Gasteiger partial charge >= 0.3 is 0 Å². The van der Waals surface area contributed by atoms with Crippen LogP contribution in [0.2, 0.25) is 0 Å². The number of rotatable bonds is 7. The van der Waals surface area contributed by atoms with Crippen LogP contribution in [0.5, 0.6) is 0 Å². The minimum atomic E-state index is -0.459. The molecule has 0 fully saturated rings. The minimum Gasteiger partial charge on any atom is -0.272 e. The summed E-state index contributed by atoms with van der Waals surface area (Å²) in [6, 6.07) is 12.5. The van der Waals surface area contributed by atoms with E-state index in [0.29, 0.717) is 17.0 Å². The largest absolute Gasteiger partial charge is 0.272 e. The third-order valence-electron chi connectivity index (χ3n) is 3.61. The minimum absolute atomic E-state index is 0.00706. The number of hydrogen-bond donors (Lipinski definition) is 1. The van der Waals surface area contributed by atoms with Gasteiger partial charge in [0.2, 0.25) is 5.91 Å². The summed E-state index contributed by atoms with van der Waals surface area (Å²) < 4.78 is 0. The second kappa shape index (κ2) is 9.15. The molecule has 0 saturated heterocycles. The Morgan fingerprint density at radius 2 is 1.88 bits per heavy atom. The average molecular weight is 371 g/mol. The number of benzene rings is 2. The lowest BCUT2D eigenvalue weighted by atomic mass is 10.1. The van der Waals surface area contributed by atoms with E-state index in [1.165, 1.54) is 40.6 Å². The van der Waals surface area contributed by atoms with Gasteiger partial charge in [-0.15, -0.1) is 11.8 Å². The lowest BCUT2D eigenvalue weighted by molar-refractivity contribution is -0.384.